The second kappa shape index (κ2) is 14.7. The Labute approximate surface area is 217 Å². The van der Waals surface area contributed by atoms with Crippen LogP contribution in [0.3, 0.4) is 0 Å². The van der Waals surface area contributed by atoms with Gasteiger partial charge in [0.15, 0.2) is 0 Å². The monoisotopic (exact) mass is 441 g/mol. The van der Waals surface area contributed by atoms with Gasteiger partial charge in [0.25, 0.3) is 0 Å². The van der Waals surface area contributed by atoms with E-state index < -0.39 is 83.3 Å². The molecule has 29 heteroatoms. The minimum atomic E-state index is -1.08. The Morgan fingerprint density at radius 1 is 0.414 bits per heavy atom. The summed E-state index contributed by atoms with van der Waals surface area (Å²) in [6.07, 6.45) is -11.7. The fourth-order valence-corrected chi connectivity index (χ4v) is 4.86. The van der Waals surface area contributed by atoms with Crippen molar-refractivity contribution in [2.45, 2.75) is 0 Å². The molecule has 0 spiro atoms. The highest BCUT2D eigenvalue weighted by Crippen LogP contribution is 2.12. The molecule has 1 nitrogen and oxygen atoms in total. The molecule has 0 aromatic carbocycles. The topological polar surface area (TPSA) is 12.0 Å². The summed E-state index contributed by atoms with van der Waals surface area (Å²) in [7, 11) is 83.9. The maximum Gasteiger partial charge on any atom is 0.129 e. The molecule has 0 aliphatic carbocycles. The average Bonchev–Trinajstić information content (AvgIpc) is 2.51. The quantitative estimate of drug-likeness (QED) is 0.172. The zero-order chi connectivity index (χ0) is 24.1. The summed E-state index contributed by atoms with van der Waals surface area (Å²) in [6.45, 7) is -0.941. The Morgan fingerprint density at radius 3 is 0.793 bits per heavy atom. The minimum absolute atomic E-state index is 0.840. The van der Waals surface area contributed by atoms with Crippen molar-refractivity contribution in [3.05, 3.63) is 0 Å². The van der Waals surface area contributed by atoms with Crippen LogP contribution in [0.25, 0.3) is 0 Å². The second-order valence-electron chi connectivity index (χ2n) is 7.52. The average molecular weight is 436 g/mol. The van der Waals surface area contributed by atoms with Crippen LogP contribution in [0.2, 0.25) is 1.41 Å². The van der Waals surface area contributed by atoms with Crippen molar-refractivity contribution in [1.29, 1.82) is 0 Å². The first-order chi connectivity index (χ1) is 13.6. The smallest absolute Gasteiger partial charge is 0.129 e. The van der Waals surface area contributed by atoms with Crippen LogP contribution in [0.4, 0.5) is 0 Å². The fraction of sp³-hybridized carbons (Fsp3) is 0. The van der Waals surface area contributed by atoms with Crippen LogP contribution < -0.4 is 3.43 Å². The standard InChI is InChI=1S/B27HIN/c1-15(2)22(16(3)4)25(21(13)14)27(29-28)26(23(17(5)6)18(7)8)24(19(9)10)20(11)12/h29H/i/hT. The molecule has 94 valence electrons. The molecule has 0 saturated carbocycles. The van der Waals surface area contributed by atoms with Crippen LogP contribution in [0.5, 0.6) is 0 Å². The van der Waals surface area contributed by atoms with E-state index in [1.165, 1.54) is 0 Å². The molecule has 0 unspecified atom stereocenters. The zero-order valence-electron chi connectivity index (χ0n) is 17.4. The molecule has 0 amide bonds. The van der Waals surface area contributed by atoms with Crippen LogP contribution in [0.1, 0.15) is 0 Å². The van der Waals surface area contributed by atoms with Gasteiger partial charge in [0, 0.05) is 208 Å². The predicted octanol–water partition coefficient (Wildman–Crippen LogP) is -9.89. The van der Waals surface area contributed by atoms with Crippen LogP contribution in [0.15, 0.2) is 0 Å². The lowest BCUT2D eigenvalue weighted by Crippen LogP contribution is -2.86. The molecule has 0 heterocycles. The summed E-state index contributed by atoms with van der Waals surface area (Å²) < 4.78 is 9.47. The molecule has 0 aliphatic heterocycles. The number of halogens is 1. The normalized spacial score (nSPS) is 10.2. The van der Waals surface area contributed by atoms with E-state index in [0.29, 0.717) is 0 Å². The highest BCUT2D eigenvalue weighted by molar-refractivity contribution is 14.1. The third-order valence-corrected chi connectivity index (χ3v) is 5.99. The number of nitrogens with one attached hydrogen (secondary N) is 1. The van der Waals surface area contributed by atoms with E-state index in [4.69, 9.17) is 110 Å². The van der Waals surface area contributed by atoms with Gasteiger partial charge in [-0.1, -0.05) is 0 Å². The maximum absolute atomic E-state index is 8.43. The number of rotatable bonds is 13. The van der Waals surface area contributed by atoms with E-state index >= 15 is 0 Å². The lowest BCUT2D eigenvalue weighted by Gasteiger charge is -2.46. The van der Waals surface area contributed by atoms with E-state index in [9.17, 15) is 0 Å². The summed E-state index contributed by atoms with van der Waals surface area (Å²) in [5.74, 6) is 0. The van der Waals surface area contributed by atoms with Crippen molar-refractivity contribution in [1.82, 2.24) is 3.43 Å². The summed E-state index contributed by atoms with van der Waals surface area (Å²) >= 11 is 1.71. The molecule has 0 atom stereocenters. The van der Waals surface area contributed by atoms with E-state index in [0.717, 1.165) is 3.43 Å². The van der Waals surface area contributed by atoms with Gasteiger partial charge in [0.05, 0.1) is 0 Å². The Kier molecular flexibility index (Phi) is 14.9. The van der Waals surface area contributed by atoms with E-state index in [2.05, 4.69) is 0 Å². The van der Waals surface area contributed by atoms with Crippen LogP contribution in [-0.4, -0.2) is 192 Å². The van der Waals surface area contributed by atoms with Crippen molar-refractivity contribution < 1.29 is 1.41 Å². The van der Waals surface area contributed by atoms with Crippen LogP contribution in [0, 0.1) is 0 Å². The van der Waals surface area contributed by atoms with Gasteiger partial charge in [-0.25, -0.2) is 0 Å². The predicted molar refractivity (Wildman–Crippen MR) is 173 cm³/mol. The molecular formula is HB27IN. The molecule has 0 aromatic heterocycles. The third kappa shape index (κ3) is 8.96. The van der Waals surface area contributed by atoms with Crippen molar-refractivity contribution in [3.63, 3.8) is 0 Å². The SMILES string of the molecule is [3H]N(I)B(B(B([B])[B])B(B([B])[B])B([B])[B])B(B(B([B])[B])B([B])[B])B(B([B])[B])B([B])[B]. The lowest BCUT2D eigenvalue weighted by molar-refractivity contribution is 1.79. The summed E-state index contributed by atoms with van der Waals surface area (Å²) in [4.78, 5) is 0. The number of hydrogen-bond donors (Lipinski definition) is 1. The van der Waals surface area contributed by atoms with E-state index in [-0.39, 0.29) is 0 Å². The first-order valence-electron chi connectivity index (χ1n) is 9.54. The van der Waals surface area contributed by atoms with Crippen LogP contribution in [-0.2, 0) is 0 Å². The van der Waals surface area contributed by atoms with Gasteiger partial charge in [-0.3, -0.25) is 0 Å². The molecule has 29 heavy (non-hydrogen) atoms. The van der Waals surface area contributed by atoms with Gasteiger partial charge >= 0.3 is 0 Å². The summed E-state index contributed by atoms with van der Waals surface area (Å²) in [5, 5.41) is 0. The molecule has 0 bridgehead atoms. The Bertz CT molecular complexity index is 412. The molecule has 28 radical (unpaired) electrons. The van der Waals surface area contributed by atoms with Gasteiger partial charge in [0.1, 0.15) is 8.04 Å². The molecule has 0 rings (SSSR count). The van der Waals surface area contributed by atoms with Crippen molar-refractivity contribution in [2.75, 3.05) is 0 Å². The summed E-state index contributed by atoms with van der Waals surface area (Å²) in [5.41, 5.74) is 0. The largest absolute Gasteiger partial charge is 0.319 e. The van der Waals surface area contributed by atoms with Gasteiger partial charge in [-0.15, -0.1) is 0 Å². The van der Waals surface area contributed by atoms with Crippen molar-refractivity contribution >= 4 is 214 Å². The Morgan fingerprint density at radius 2 is 0.621 bits per heavy atom. The molecule has 0 aliphatic rings. The van der Waals surface area contributed by atoms with Gasteiger partial charge < -0.3 is 3.43 Å². The van der Waals surface area contributed by atoms with Crippen molar-refractivity contribution in [2.24, 2.45) is 0 Å². The molecular weight excluding hydrogens is 433 g/mol. The second-order valence-corrected chi connectivity index (χ2v) is 8.07. The van der Waals surface area contributed by atoms with E-state index in [1.54, 1.807) is 22.9 Å². The third-order valence-electron chi connectivity index (χ3n) is 5.35. The first kappa shape index (κ1) is 29.5. The zero-order valence-corrected chi connectivity index (χ0v) is 18.6. The Hall–Kier alpha value is 2.44. The van der Waals surface area contributed by atoms with Gasteiger partial charge in [-0.2, -0.15) is 0 Å². The molecule has 0 aromatic rings. The fourth-order valence-electron chi connectivity index (χ4n) is 4.12. The number of hydrogen-bond acceptors (Lipinski definition) is 1. The van der Waals surface area contributed by atoms with E-state index in [1.807, 2.05) is 0 Å². The molecule has 0 saturated heterocycles. The highest BCUT2D eigenvalue weighted by atomic mass is 127. The van der Waals surface area contributed by atoms with Gasteiger partial charge in [0.2, 0.25) is 0 Å². The highest BCUT2D eigenvalue weighted by Gasteiger charge is 2.51. The maximum atomic E-state index is 8.43. The molecule has 1 N–H and O–H groups in total. The minimum Gasteiger partial charge on any atom is -0.319 e. The van der Waals surface area contributed by atoms with Gasteiger partial charge in [-0.05, 0) is 0 Å². The van der Waals surface area contributed by atoms with Crippen LogP contribution >= 0.6 is 22.9 Å². The van der Waals surface area contributed by atoms with Crippen molar-refractivity contribution in [3.8, 4) is 0 Å². The lowest BCUT2D eigenvalue weighted by atomic mass is 8.37. The molecule has 0 fully saturated rings. The summed E-state index contributed by atoms with van der Waals surface area (Å²) in [6, 6.07) is 0. The first-order valence-corrected chi connectivity index (χ1v) is 10.1. The Balaban J connectivity index is 6.94.